The minimum Gasteiger partial charge on any atom is -0.279 e. The summed E-state index contributed by atoms with van der Waals surface area (Å²) in [7, 11) is 0. The van der Waals surface area contributed by atoms with Crippen molar-refractivity contribution in [1.29, 1.82) is 0 Å². The minimum atomic E-state index is 0.985. The highest BCUT2D eigenvalue weighted by atomic mass is 15.3. The monoisotopic (exact) mass is 338 g/mol. The van der Waals surface area contributed by atoms with Crippen LogP contribution in [0.4, 0.5) is 5.69 Å². The maximum absolute atomic E-state index is 4.52. The average Bonchev–Trinajstić information content (AvgIpc) is 3.00. The quantitative estimate of drug-likeness (QED) is 0.431. The number of nitrogens with one attached hydrogen (secondary N) is 1. The van der Waals surface area contributed by atoms with Crippen molar-refractivity contribution in [2.45, 2.75) is 20.3 Å². The molecule has 0 fully saturated rings. The predicted octanol–water partition coefficient (Wildman–Crippen LogP) is 6.41. The summed E-state index contributed by atoms with van der Waals surface area (Å²) in [4.78, 5) is 0. The Bertz CT molecular complexity index is 1040. The van der Waals surface area contributed by atoms with Crippen molar-refractivity contribution in [2.75, 3.05) is 5.43 Å². The Balaban J connectivity index is 1.78. The molecule has 0 aromatic heterocycles. The lowest BCUT2D eigenvalue weighted by molar-refractivity contribution is 1.26. The van der Waals surface area contributed by atoms with Crippen LogP contribution in [-0.2, 0) is 0 Å². The molecule has 0 spiro atoms. The first-order chi connectivity index (χ1) is 12.7. The van der Waals surface area contributed by atoms with E-state index in [0.717, 1.165) is 12.1 Å². The maximum atomic E-state index is 4.52. The fourth-order valence-electron chi connectivity index (χ4n) is 3.62. The van der Waals surface area contributed by atoms with Gasteiger partial charge in [0.25, 0.3) is 0 Å². The first-order valence-electron chi connectivity index (χ1n) is 8.95. The van der Waals surface area contributed by atoms with Crippen LogP contribution in [0.2, 0.25) is 0 Å². The minimum absolute atomic E-state index is 0.985. The van der Waals surface area contributed by atoms with Crippen molar-refractivity contribution in [1.82, 2.24) is 0 Å². The number of rotatable bonds is 4. The molecule has 2 nitrogen and oxygen atoms in total. The molecule has 1 N–H and O–H groups in total. The second-order valence-electron chi connectivity index (χ2n) is 6.81. The predicted molar refractivity (Wildman–Crippen MR) is 113 cm³/mol. The van der Waals surface area contributed by atoms with E-state index in [1.807, 2.05) is 36.5 Å². The molecule has 0 atom stereocenters. The van der Waals surface area contributed by atoms with E-state index in [9.17, 15) is 0 Å². The van der Waals surface area contributed by atoms with Gasteiger partial charge in [-0.2, -0.15) is 5.10 Å². The van der Waals surface area contributed by atoms with E-state index in [4.69, 9.17) is 0 Å². The number of benzene rings is 3. The third-order valence-electron chi connectivity index (χ3n) is 4.85. The van der Waals surface area contributed by atoms with E-state index in [0.29, 0.717) is 0 Å². The van der Waals surface area contributed by atoms with Gasteiger partial charge in [0.15, 0.2) is 0 Å². The second kappa shape index (κ2) is 7.01. The van der Waals surface area contributed by atoms with E-state index in [2.05, 4.69) is 66.8 Å². The largest absolute Gasteiger partial charge is 0.279 e. The van der Waals surface area contributed by atoms with Gasteiger partial charge in [-0.05, 0) is 59.9 Å². The molecule has 26 heavy (non-hydrogen) atoms. The van der Waals surface area contributed by atoms with Gasteiger partial charge in [-0.15, -0.1) is 0 Å². The van der Waals surface area contributed by atoms with Crippen molar-refractivity contribution in [3.05, 3.63) is 95.1 Å². The van der Waals surface area contributed by atoms with Crippen LogP contribution < -0.4 is 5.43 Å². The smallest absolute Gasteiger partial charge is 0.0561 e. The van der Waals surface area contributed by atoms with E-state index >= 15 is 0 Å². The molecule has 0 saturated heterocycles. The molecule has 128 valence electrons. The molecular formula is C24H22N2. The molecule has 0 radical (unpaired) electrons. The maximum Gasteiger partial charge on any atom is 0.0561 e. The van der Waals surface area contributed by atoms with E-state index in [1.54, 1.807) is 0 Å². The number of nitrogens with zero attached hydrogens (tertiary/aromatic N) is 1. The summed E-state index contributed by atoms with van der Waals surface area (Å²) in [6.07, 6.45) is 5.25. The number of hydrazone groups is 1. The standard InChI is InChI=1S/C24H22N2/c1-17-14-18(2)23(15-17)22-13-12-19-8-6-7-11-21(19)24(22)16-25-26-20-9-4-3-5-10-20/h3-14,16,26H,15H2,1-2H3. The molecule has 0 amide bonds. The van der Waals surface area contributed by atoms with Crippen LogP contribution in [0.1, 0.15) is 31.4 Å². The second-order valence-corrected chi connectivity index (χ2v) is 6.81. The topological polar surface area (TPSA) is 24.4 Å². The van der Waals surface area contributed by atoms with E-state index < -0.39 is 0 Å². The van der Waals surface area contributed by atoms with Gasteiger partial charge >= 0.3 is 0 Å². The van der Waals surface area contributed by atoms with Crippen molar-refractivity contribution in [3.63, 3.8) is 0 Å². The van der Waals surface area contributed by atoms with Gasteiger partial charge in [0.1, 0.15) is 0 Å². The molecule has 0 saturated carbocycles. The van der Waals surface area contributed by atoms with Crippen molar-refractivity contribution >= 4 is 28.2 Å². The summed E-state index contributed by atoms with van der Waals surface area (Å²) in [6, 6.07) is 23.0. The zero-order valence-electron chi connectivity index (χ0n) is 15.2. The summed E-state index contributed by atoms with van der Waals surface area (Å²) in [5.41, 5.74) is 10.7. The molecular weight excluding hydrogens is 316 g/mol. The SMILES string of the molecule is CC1=CC(C)=C(c2ccc3ccccc3c2C=NNc2ccccc2)C1. The highest BCUT2D eigenvalue weighted by molar-refractivity contribution is 6.05. The van der Waals surface area contributed by atoms with Gasteiger partial charge in [-0.25, -0.2) is 0 Å². The van der Waals surface area contributed by atoms with Crippen molar-refractivity contribution < 1.29 is 0 Å². The number of para-hydroxylation sites is 1. The molecule has 3 aromatic carbocycles. The van der Waals surface area contributed by atoms with Gasteiger partial charge in [-0.1, -0.05) is 66.2 Å². The van der Waals surface area contributed by atoms with Crippen LogP contribution in [0.15, 0.2) is 89.1 Å². The van der Waals surface area contributed by atoms with E-state index in [1.165, 1.54) is 38.6 Å². The van der Waals surface area contributed by atoms with Crippen LogP contribution >= 0.6 is 0 Å². The Morgan fingerprint density at radius 3 is 2.42 bits per heavy atom. The summed E-state index contributed by atoms with van der Waals surface area (Å²) in [6.45, 7) is 4.40. The Morgan fingerprint density at radius 2 is 1.65 bits per heavy atom. The molecule has 4 rings (SSSR count). The van der Waals surface area contributed by atoms with E-state index in [-0.39, 0.29) is 0 Å². The van der Waals surface area contributed by atoms with Gasteiger partial charge < -0.3 is 0 Å². The number of hydrogen-bond donors (Lipinski definition) is 1. The van der Waals surface area contributed by atoms with Crippen molar-refractivity contribution in [3.8, 4) is 0 Å². The zero-order chi connectivity index (χ0) is 17.9. The number of allylic oxidation sites excluding steroid dienone is 4. The number of hydrogen-bond acceptors (Lipinski definition) is 2. The van der Waals surface area contributed by atoms with Crippen molar-refractivity contribution in [2.24, 2.45) is 5.10 Å². The third kappa shape index (κ3) is 3.18. The van der Waals surface area contributed by atoms with Crippen LogP contribution in [0, 0.1) is 0 Å². The molecule has 1 aliphatic carbocycles. The van der Waals surface area contributed by atoms with Gasteiger partial charge in [0.05, 0.1) is 11.9 Å². The first kappa shape index (κ1) is 16.3. The highest BCUT2D eigenvalue weighted by Gasteiger charge is 2.16. The molecule has 0 aliphatic heterocycles. The molecule has 2 heteroatoms. The Hall–Kier alpha value is -3.13. The third-order valence-corrected chi connectivity index (χ3v) is 4.85. The molecule has 0 bridgehead atoms. The Kier molecular flexibility index (Phi) is 4.40. The summed E-state index contributed by atoms with van der Waals surface area (Å²) >= 11 is 0. The molecule has 0 unspecified atom stereocenters. The Morgan fingerprint density at radius 1 is 0.885 bits per heavy atom. The summed E-state index contributed by atoms with van der Waals surface area (Å²) in [5.74, 6) is 0. The molecule has 0 heterocycles. The van der Waals surface area contributed by atoms with Crippen LogP contribution in [0.3, 0.4) is 0 Å². The lowest BCUT2D eigenvalue weighted by Crippen LogP contribution is -1.97. The first-order valence-corrected chi connectivity index (χ1v) is 8.95. The fraction of sp³-hybridized carbons (Fsp3) is 0.125. The number of anilines is 1. The van der Waals surface area contributed by atoms with Crippen LogP contribution in [-0.4, -0.2) is 6.21 Å². The van der Waals surface area contributed by atoms with Crippen LogP contribution in [0.25, 0.3) is 16.3 Å². The highest BCUT2D eigenvalue weighted by Crippen LogP contribution is 2.36. The average molecular weight is 338 g/mol. The van der Waals surface area contributed by atoms with Crippen LogP contribution in [0.5, 0.6) is 0 Å². The summed E-state index contributed by atoms with van der Waals surface area (Å²) < 4.78 is 0. The summed E-state index contributed by atoms with van der Waals surface area (Å²) in [5, 5.41) is 6.99. The Labute approximate surface area is 154 Å². The zero-order valence-corrected chi connectivity index (χ0v) is 15.2. The normalized spacial score (nSPS) is 14.3. The molecule has 3 aromatic rings. The van der Waals surface area contributed by atoms with Gasteiger partial charge in [-0.3, -0.25) is 5.43 Å². The van der Waals surface area contributed by atoms with Gasteiger partial charge in [0, 0.05) is 5.56 Å². The fourth-order valence-corrected chi connectivity index (χ4v) is 3.62. The lowest BCUT2D eigenvalue weighted by atomic mass is 9.92. The lowest BCUT2D eigenvalue weighted by Gasteiger charge is -2.13. The number of fused-ring (bicyclic) bond motifs is 1. The molecule has 1 aliphatic rings. The van der Waals surface area contributed by atoms with Gasteiger partial charge in [0.2, 0.25) is 0 Å².